The number of unbranched alkanes of at least 4 members (excludes halogenated alkanes) is 6. The van der Waals surface area contributed by atoms with Gasteiger partial charge in [-0.1, -0.05) is 132 Å². The van der Waals surface area contributed by atoms with Gasteiger partial charge >= 0.3 is 0 Å². The molecule has 0 N–H and O–H groups in total. The zero-order valence-corrected chi connectivity index (χ0v) is 35.1. The Morgan fingerprint density at radius 2 is 0.820 bits per heavy atom. The molecule has 0 saturated carbocycles. The fourth-order valence-corrected chi connectivity index (χ4v) is 10.5. The summed E-state index contributed by atoms with van der Waals surface area (Å²) in [7, 11) is -4.07. The van der Waals surface area contributed by atoms with Crippen LogP contribution in [0.15, 0.2) is 24.3 Å². The van der Waals surface area contributed by atoms with E-state index in [9.17, 15) is 0 Å². The maximum atomic E-state index is 16.0. The van der Waals surface area contributed by atoms with Crippen LogP contribution in [0.5, 0.6) is 0 Å². The van der Waals surface area contributed by atoms with E-state index in [4.69, 9.17) is 0 Å². The summed E-state index contributed by atoms with van der Waals surface area (Å²) in [6.07, 6.45) is 18.4. The van der Waals surface area contributed by atoms with Crippen LogP contribution in [0.2, 0.25) is 0 Å². The maximum Gasteiger partial charge on any atom is 0.229 e. The van der Waals surface area contributed by atoms with Crippen LogP contribution in [0.4, 0.5) is 0 Å². The second-order valence-corrected chi connectivity index (χ2v) is 19.3. The third-order valence-corrected chi connectivity index (χ3v) is 13.1. The molecule has 1 atom stereocenters. The van der Waals surface area contributed by atoms with Gasteiger partial charge in [-0.25, -0.2) is 0 Å². The molecule has 0 aliphatic heterocycles. The lowest BCUT2D eigenvalue weighted by Crippen LogP contribution is -2.23. The van der Waals surface area contributed by atoms with E-state index in [1.54, 1.807) is 0 Å². The molecule has 50 heavy (non-hydrogen) atoms. The van der Waals surface area contributed by atoms with Crippen LogP contribution in [-0.2, 0) is 43.1 Å². The van der Waals surface area contributed by atoms with Crippen molar-refractivity contribution in [3.05, 3.63) is 68.8 Å². The van der Waals surface area contributed by atoms with E-state index in [1.807, 2.05) is 0 Å². The standard InChI is InChI=1S/C46H75O3P/c1-11-17-23-36-29-38(25-19-13-3)42(39(30-36)26-20-14-4)44(47)50(49,34-35(7)33-46(8,9)10)45(48)43-40(27-21-15-5)31-37(24-18-12-2)32-41(43)28-22-16-6/h29-32,35H,11-28,33-34H2,1-10H3. The summed E-state index contributed by atoms with van der Waals surface area (Å²) in [4.78, 5) is 30.9. The Kier molecular flexibility index (Phi) is 19.6. The van der Waals surface area contributed by atoms with Gasteiger partial charge in [0.2, 0.25) is 18.2 Å². The number of aryl methyl sites for hydroxylation is 6. The second-order valence-electron chi connectivity index (χ2n) is 16.6. The zero-order valence-electron chi connectivity index (χ0n) is 34.2. The number of benzene rings is 2. The van der Waals surface area contributed by atoms with Gasteiger partial charge < -0.3 is 4.57 Å². The first-order valence-electron chi connectivity index (χ1n) is 20.8. The summed E-state index contributed by atoms with van der Waals surface area (Å²) >= 11 is 0. The summed E-state index contributed by atoms with van der Waals surface area (Å²) in [6, 6.07) is 8.90. The molecule has 0 aromatic heterocycles. The fraction of sp³-hybridized carbons (Fsp3) is 0.696. The normalized spacial score (nSPS) is 12.8. The molecule has 2 aromatic rings. The SMILES string of the molecule is CCCCc1cc(CCCC)c(C(=O)P(=O)(CC(C)CC(C)(C)C)C(=O)c2c(CCCC)cc(CCCC)cc2CCCC)c(CCCC)c1. The van der Waals surface area contributed by atoms with Gasteiger partial charge in [-0.3, -0.25) is 9.59 Å². The van der Waals surface area contributed by atoms with Crippen molar-refractivity contribution in [3.63, 3.8) is 0 Å². The maximum absolute atomic E-state index is 16.0. The Morgan fingerprint density at radius 1 is 0.540 bits per heavy atom. The minimum atomic E-state index is -4.07. The Labute approximate surface area is 309 Å². The van der Waals surface area contributed by atoms with Crippen LogP contribution in [-0.4, -0.2) is 17.2 Å². The first-order valence-corrected chi connectivity index (χ1v) is 22.7. The molecule has 0 heterocycles. The van der Waals surface area contributed by atoms with Gasteiger partial charge in [0.05, 0.1) is 0 Å². The Hall–Kier alpha value is -1.99. The highest BCUT2D eigenvalue weighted by Gasteiger charge is 2.45. The minimum absolute atomic E-state index is 0.00462. The molecule has 0 saturated heterocycles. The molecule has 0 fully saturated rings. The summed E-state index contributed by atoms with van der Waals surface area (Å²) in [5.41, 5.74) is 7.12. The van der Waals surface area contributed by atoms with Crippen LogP contribution < -0.4 is 0 Å². The van der Waals surface area contributed by atoms with Crippen molar-refractivity contribution >= 4 is 18.2 Å². The lowest BCUT2D eigenvalue weighted by Gasteiger charge is -2.28. The summed E-state index contributed by atoms with van der Waals surface area (Å²) in [6.45, 7) is 21.9. The average Bonchev–Trinajstić information content (AvgIpc) is 3.07. The molecular formula is C46H75O3P. The molecule has 0 spiro atoms. The molecule has 1 unspecified atom stereocenters. The van der Waals surface area contributed by atoms with Crippen molar-refractivity contribution < 1.29 is 14.2 Å². The molecule has 282 valence electrons. The topological polar surface area (TPSA) is 51.2 Å². The van der Waals surface area contributed by atoms with Gasteiger partial charge in [0, 0.05) is 17.3 Å². The van der Waals surface area contributed by atoms with Gasteiger partial charge in [0.1, 0.15) is 0 Å². The summed E-state index contributed by atoms with van der Waals surface area (Å²) < 4.78 is 16.0. The number of hydrogen-bond donors (Lipinski definition) is 0. The predicted molar refractivity (Wildman–Crippen MR) is 219 cm³/mol. The van der Waals surface area contributed by atoms with E-state index in [2.05, 4.69) is 93.5 Å². The highest BCUT2D eigenvalue weighted by atomic mass is 31.2. The van der Waals surface area contributed by atoms with E-state index in [0.29, 0.717) is 11.1 Å². The number of hydrogen-bond acceptors (Lipinski definition) is 3. The van der Waals surface area contributed by atoms with Gasteiger partial charge in [-0.2, -0.15) is 0 Å². The fourth-order valence-electron chi connectivity index (χ4n) is 7.71. The largest absolute Gasteiger partial charge is 0.307 e. The van der Waals surface area contributed by atoms with Crippen molar-refractivity contribution in [2.45, 2.75) is 191 Å². The predicted octanol–water partition coefficient (Wildman–Crippen LogP) is 14.2. The Balaban J connectivity index is 2.98. The van der Waals surface area contributed by atoms with Crippen molar-refractivity contribution in [2.75, 3.05) is 6.16 Å². The van der Waals surface area contributed by atoms with E-state index >= 15 is 14.2 Å². The lowest BCUT2D eigenvalue weighted by atomic mass is 9.86. The zero-order chi connectivity index (χ0) is 37.3. The second kappa shape index (κ2) is 22.2. The minimum Gasteiger partial charge on any atom is -0.307 e. The van der Waals surface area contributed by atoms with Crippen LogP contribution >= 0.6 is 7.14 Å². The molecule has 0 radical (unpaired) electrons. The third-order valence-electron chi connectivity index (χ3n) is 10.2. The molecule has 4 heteroatoms. The van der Waals surface area contributed by atoms with E-state index in [1.165, 1.54) is 11.1 Å². The van der Waals surface area contributed by atoms with Crippen molar-refractivity contribution in [3.8, 4) is 0 Å². The highest BCUT2D eigenvalue weighted by molar-refractivity contribution is 7.95. The van der Waals surface area contributed by atoms with E-state index in [0.717, 1.165) is 144 Å². The van der Waals surface area contributed by atoms with E-state index in [-0.39, 0.29) is 28.5 Å². The molecule has 0 aliphatic carbocycles. The molecule has 2 rings (SSSR count). The number of rotatable bonds is 25. The van der Waals surface area contributed by atoms with E-state index < -0.39 is 7.14 Å². The Morgan fingerprint density at radius 3 is 1.08 bits per heavy atom. The molecule has 0 amide bonds. The van der Waals surface area contributed by atoms with Gasteiger partial charge in [-0.15, -0.1) is 0 Å². The van der Waals surface area contributed by atoms with Crippen molar-refractivity contribution in [1.82, 2.24) is 0 Å². The van der Waals surface area contributed by atoms with Crippen molar-refractivity contribution in [2.24, 2.45) is 11.3 Å². The van der Waals surface area contributed by atoms with Crippen LogP contribution in [0.1, 0.15) is 207 Å². The van der Waals surface area contributed by atoms with Crippen LogP contribution in [0.25, 0.3) is 0 Å². The van der Waals surface area contributed by atoms with Crippen LogP contribution in [0, 0.1) is 11.3 Å². The molecular weight excluding hydrogens is 631 g/mol. The third kappa shape index (κ3) is 13.2. The van der Waals surface area contributed by atoms with Gasteiger partial charge in [0.15, 0.2) is 0 Å². The first-order chi connectivity index (χ1) is 23.8. The van der Waals surface area contributed by atoms with Gasteiger partial charge in [-0.05, 0) is 128 Å². The summed E-state index contributed by atoms with van der Waals surface area (Å²) in [5.74, 6) is -0.0299. The van der Waals surface area contributed by atoms with Crippen molar-refractivity contribution in [1.29, 1.82) is 0 Å². The quantitative estimate of drug-likeness (QED) is 0.0966. The average molecular weight is 707 g/mol. The smallest absolute Gasteiger partial charge is 0.229 e. The molecule has 0 bridgehead atoms. The Bertz CT molecular complexity index is 1250. The summed E-state index contributed by atoms with van der Waals surface area (Å²) in [5, 5.41) is 0. The van der Waals surface area contributed by atoms with Gasteiger partial charge in [0.25, 0.3) is 0 Å². The lowest BCUT2D eigenvalue weighted by molar-refractivity contribution is 0.103. The monoisotopic (exact) mass is 707 g/mol. The van der Waals surface area contributed by atoms with Crippen LogP contribution in [0.3, 0.4) is 0 Å². The number of carbonyl (C=O) groups is 2. The molecule has 2 aromatic carbocycles. The number of carbonyl (C=O) groups excluding carboxylic acids is 2. The molecule has 0 aliphatic rings. The highest BCUT2D eigenvalue weighted by Crippen LogP contribution is 2.56. The first kappa shape index (κ1) is 44.2. The molecule has 3 nitrogen and oxygen atoms in total.